The predicted octanol–water partition coefficient (Wildman–Crippen LogP) is 4.27. The lowest BCUT2D eigenvalue weighted by atomic mass is 9.94. The third kappa shape index (κ3) is 11.6. The first-order valence-electron chi connectivity index (χ1n) is 9.86. The van der Waals surface area contributed by atoms with Gasteiger partial charge in [-0.05, 0) is 56.6 Å². The fourth-order valence-electron chi connectivity index (χ4n) is 3.53. The van der Waals surface area contributed by atoms with Gasteiger partial charge in [-0.1, -0.05) is 27.2 Å². The van der Waals surface area contributed by atoms with Crippen LogP contribution in [-0.2, 0) is 0 Å². The van der Waals surface area contributed by atoms with Gasteiger partial charge in [-0.25, -0.2) is 0 Å². The van der Waals surface area contributed by atoms with Gasteiger partial charge in [0.1, 0.15) is 0 Å². The SMILES string of the molecule is CCNC(=NCC(CCO)CC(C)C)NC1CCCC(SCC)C1.I. The minimum absolute atomic E-state index is 0. The van der Waals surface area contributed by atoms with Crippen LogP contribution >= 0.6 is 35.7 Å². The smallest absolute Gasteiger partial charge is 0.191 e. The molecule has 3 N–H and O–H groups in total. The highest BCUT2D eigenvalue weighted by atomic mass is 127. The maximum Gasteiger partial charge on any atom is 0.191 e. The Morgan fingerprint density at radius 2 is 2.04 bits per heavy atom. The third-order valence-corrected chi connectivity index (χ3v) is 5.80. The van der Waals surface area contributed by atoms with Gasteiger partial charge in [0.05, 0.1) is 0 Å². The van der Waals surface area contributed by atoms with Gasteiger partial charge in [0.2, 0.25) is 0 Å². The molecule has 1 fully saturated rings. The van der Waals surface area contributed by atoms with Crippen molar-refractivity contribution in [2.24, 2.45) is 16.8 Å². The van der Waals surface area contributed by atoms with Crippen LogP contribution in [-0.4, -0.2) is 47.8 Å². The number of aliphatic imine (C=N–C) groups is 1. The molecule has 3 unspecified atom stereocenters. The number of thioether (sulfide) groups is 1. The Balaban J connectivity index is 0.00000576. The van der Waals surface area contributed by atoms with Crippen LogP contribution in [0.15, 0.2) is 4.99 Å². The number of aliphatic hydroxyl groups excluding tert-OH is 1. The number of hydrogen-bond donors (Lipinski definition) is 3. The van der Waals surface area contributed by atoms with Gasteiger partial charge in [-0.15, -0.1) is 24.0 Å². The van der Waals surface area contributed by atoms with Gasteiger partial charge in [0.15, 0.2) is 5.96 Å². The number of halogens is 1. The third-order valence-electron chi connectivity index (χ3n) is 4.56. The van der Waals surface area contributed by atoms with Crippen LogP contribution < -0.4 is 10.6 Å². The van der Waals surface area contributed by atoms with E-state index in [4.69, 9.17) is 4.99 Å². The molecule has 0 aromatic rings. The van der Waals surface area contributed by atoms with E-state index in [9.17, 15) is 5.11 Å². The number of nitrogens with zero attached hydrogens (tertiary/aromatic N) is 1. The number of rotatable bonds is 10. The summed E-state index contributed by atoms with van der Waals surface area (Å²) >= 11 is 2.10. The quantitative estimate of drug-likeness (QED) is 0.246. The Hall–Kier alpha value is 0.310. The molecule has 0 radical (unpaired) electrons. The summed E-state index contributed by atoms with van der Waals surface area (Å²) in [4.78, 5) is 4.83. The maximum absolute atomic E-state index is 9.28. The summed E-state index contributed by atoms with van der Waals surface area (Å²) in [5.41, 5.74) is 0. The predicted molar refractivity (Wildman–Crippen MR) is 123 cm³/mol. The molecular formula is C19H40IN3OS. The summed E-state index contributed by atoms with van der Waals surface area (Å²) in [5, 5.41) is 17.1. The van der Waals surface area contributed by atoms with E-state index < -0.39 is 0 Å². The van der Waals surface area contributed by atoms with Crippen LogP contribution in [0, 0.1) is 11.8 Å². The molecule has 25 heavy (non-hydrogen) atoms. The van der Waals surface area contributed by atoms with Crippen molar-refractivity contribution < 1.29 is 5.11 Å². The minimum Gasteiger partial charge on any atom is -0.396 e. The van der Waals surface area contributed by atoms with Crippen LogP contribution in [0.25, 0.3) is 0 Å². The minimum atomic E-state index is 0. The molecule has 1 rings (SSSR count). The monoisotopic (exact) mass is 485 g/mol. The summed E-state index contributed by atoms with van der Waals surface area (Å²) in [6.07, 6.45) is 7.14. The van der Waals surface area contributed by atoms with E-state index in [0.29, 0.717) is 17.9 Å². The number of aliphatic hydroxyl groups is 1. The number of hydrogen-bond acceptors (Lipinski definition) is 3. The summed E-state index contributed by atoms with van der Waals surface area (Å²) in [6.45, 7) is 10.8. The van der Waals surface area contributed by atoms with E-state index in [0.717, 1.165) is 37.1 Å². The second kappa shape index (κ2) is 15.4. The zero-order valence-electron chi connectivity index (χ0n) is 16.6. The number of guanidine groups is 1. The van der Waals surface area contributed by atoms with Gasteiger partial charge >= 0.3 is 0 Å². The standard InChI is InChI=1S/C19H39N3OS.HI/c1-5-20-19(21-14-16(10-11-23)12-15(3)4)22-17-8-7-9-18(13-17)24-6-2;/h15-18,23H,5-14H2,1-4H3,(H2,20,21,22);1H. The van der Waals surface area contributed by atoms with Crippen LogP contribution in [0.4, 0.5) is 0 Å². The van der Waals surface area contributed by atoms with E-state index in [1.807, 2.05) is 0 Å². The normalized spacial score (nSPS) is 22.4. The molecule has 1 aliphatic rings. The zero-order chi connectivity index (χ0) is 17.8. The first-order valence-corrected chi connectivity index (χ1v) is 10.9. The molecule has 0 aromatic carbocycles. The first kappa shape index (κ1) is 25.3. The molecule has 0 amide bonds. The molecule has 0 heterocycles. The van der Waals surface area contributed by atoms with E-state index in [1.54, 1.807) is 0 Å². The largest absolute Gasteiger partial charge is 0.396 e. The van der Waals surface area contributed by atoms with E-state index >= 15 is 0 Å². The molecule has 0 aromatic heterocycles. The summed E-state index contributed by atoms with van der Waals surface area (Å²) in [6, 6.07) is 0.544. The van der Waals surface area contributed by atoms with Crippen molar-refractivity contribution in [2.45, 2.75) is 77.5 Å². The fraction of sp³-hybridized carbons (Fsp3) is 0.947. The highest BCUT2D eigenvalue weighted by Gasteiger charge is 2.22. The van der Waals surface area contributed by atoms with Crippen LogP contribution in [0.2, 0.25) is 0 Å². The average Bonchev–Trinajstić information content (AvgIpc) is 2.53. The molecule has 150 valence electrons. The van der Waals surface area contributed by atoms with Crippen molar-refractivity contribution in [1.29, 1.82) is 0 Å². The van der Waals surface area contributed by atoms with Gasteiger partial charge in [-0.3, -0.25) is 4.99 Å². The Morgan fingerprint density at radius 3 is 2.64 bits per heavy atom. The second-order valence-corrected chi connectivity index (χ2v) is 8.89. The Kier molecular flexibility index (Phi) is 15.6. The van der Waals surface area contributed by atoms with Crippen molar-refractivity contribution in [1.82, 2.24) is 10.6 Å². The summed E-state index contributed by atoms with van der Waals surface area (Å²) < 4.78 is 0. The van der Waals surface area contributed by atoms with E-state index in [1.165, 1.54) is 31.4 Å². The molecule has 6 heteroatoms. The summed E-state index contributed by atoms with van der Waals surface area (Å²) in [7, 11) is 0. The van der Waals surface area contributed by atoms with E-state index in [-0.39, 0.29) is 30.6 Å². The van der Waals surface area contributed by atoms with Crippen molar-refractivity contribution in [3.05, 3.63) is 0 Å². The molecule has 0 spiro atoms. The van der Waals surface area contributed by atoms with Gasteiger partial charge in [0, 0.05) is 31.0 Å². The van der Waals surface area contributed by atoms with Crippen molar-refractivity contribution in [3.8, 4) is 0 Å². The molecule has 0 aliphatic heterocycles. The Morgan fingerprint density at radius 1 is 1.28 bits per heavy atom. The maximum atomic E-state index is 9.28. The van der Waals surface area contributed by atoms with Crippen molar-refractivity contribution in [2.75, 3.05) is 25.4 Å². The van der Waals surface area contributed by atoms with Gasteiger partial charge in [0.25, 0.3) is 0 Å². The van der Waals surface area contributed by atoms with Crippen LogP contribution in [0.5, 0.6) is 0 Å². The lowest BCUT2D eigenvalue weighted by molar-refractivity contribution is 0.245. The Labute approximate surface area is 176 Å². The van der Waals surface area contributed by atoms with E-state index in [2.05, 4.69) is 50.1 Å². The highest BCUT2D eigenvalue weighted by Crippen LogP contribution is 2.28. The van der Waals surface area contributed by atoms with Gasteiger partial charge < -0.3 is 15.7 Å². The topological polar surface area (TPSA) is 56.7 Å². The van der Waals surface area contributed by atoms with Crippen LogP contribution in [0.3, 0.4) is 0 Å². The lowest BCUT2D eigenvalue weighted by Gasteiger charge is -2.30. The lowest BCUT2D eigenvalue weighted by Crippen LogP contribution is -2.46. The molecule has 1 aliphatic carbocycles. The second-order valence-electron chi connectivity index (χ2n) is 7.31. The fourth-order valence-corrected chi connectivity index (χ4v) is 4.70. The zero-order valence-corrected chi connectivity index (χ0v) is 19.7. The summed E-state index contributed by atoms with van der Waals surface area (Å²) in [5.74, 6) is 3.29. The van der Waals surface area contributed by atoms with Gasteiger partial charge in [-0.2, -0.15) is 11.8 Å². The molecule has 3 atom stereocenters. The molecule has 4 nitrogen and oxygen atoms in total. The highest BCUT2D eigenvalue weighted by molar-refractivity contribution is 14.0. The van der Waals surface area contributed by atoms with Crippen molar-refractivity contribution >= 4 is 41.7 Å². The molecule has 0 saturated heterocycles. The molecular weight excluding hydrogens is 445 g/mol. The first-order chi connectivity index (χ1) is 11.6. The molecule has 0 bridgehead atoms. The number of nitrogens with one attached hydrogen (secondary N) is 2. The Bertz CT molecular complexity index is 354. The van der Waals surface area contributed by atoms with Crippen molar-refractivity contribution in [3.63, 3.8) is 0 Å². The van der Waals surface area contributed by atoms with Crippen LogP contribution in [0.1, 0.15) is 66.2 Å². The average molecular weight is 486 g/mol. The molecule has 1 saturated carbocycles.